The van der Waals surface area contributed by atoms with E-state index in [2.05, 4.69) is 25.3 Å². The fraction of sp³-hybridized carbons (Fsp3) is 0. The lowest BCUT2D eigenvalue weighted by atomic mass is 10.2. The minimum absolute atomic E-state index is 0.288. The molecule has 1 aromatic carbocycles. The topological polar surface area (TPSA) is 63.6 Å². The quantitative estimate of drug-likeness (QED) is 0.619. The van der Waals surface area contributed by atoms with Crippen LogP contribution in [0.4, 0.5) is 15.9 Å². The van der Waals surface area contributed by atoms with E-state index >= 15 is 0 Å². The Morgan fingerprint density at radius 1 is 0.833 bits per heavy atom. The Bertz CT molecular complexity index is 1000. The van der Waals surface area contributed by atoms with Crippen LogP contribution < -0.4 is 5.32 Å². The number of fused-ring (bicyclic) bond motifs is 1. The highest BCUT2D eigenvalue weighted by Crippen LogP contribution is 2.27. The van der Waals surface area contributed by atoms with Gasteiger partial charge in [0, 0.05) is 24.3 Å². The van der Waals surface area contributed by atoms with Crippen LogP contribution in [0, 0.1) is 5.82 Å². The molecule has 24 heavy (non-hydrogen) atoms. The van der Waals surface area contributed by atoms with E-state index in [0.717, 1.165) is 11.1 Å². The molecule has 0 aliphatic heterocycles. The second kappa shape index (κ2) is 6.00. The first kappa shape index (κ1) is 14.2. The van der Waals surface area contributed by atoms with Gasteiger partial charge in [-0.15, -0.1) is 0 Å². The summed E-state index contributed by atoms with van der Waals surface area (Å²) in [6, 6.07) is 13.8. The van der Waals surface area contributed by atoms with E-state index in [9.17, 15) is 4.39 Å². The van der Waals surface area contributed by atoms with Crippen LogP contribution in [-0.2, 0) is 0 Å². The molecule has 0 fully saturated rings. The fourth-order valence-electron chi connectivity index (χ4n) is 2.39. The maximum absolute atomic E-state index is 14.1. The number of hydrogen-bond donors (Lipinski definition) is 1. The molecular weight excluding hydrogens is 305 g/mol. The Hall–Kier alpha value is -3.41. The zero-order valence-electron chi connectivity index (χ0n) is 12.5. The second-order valence-electron chi connectivity index (χ2n) is 5.11. The first-order valence-corrected chi connectivity index (χ1v) is 7.36. The van der Waals surface area contributed by atoms with E-state index < -0.39 is 0 Å². The maximum Gasteiger partial charge on any atom is 0.166 e. The molecule has 0 bridgehead atoms. The summed E-state index contributed by atoms with van der Waals surface area (Å²) in [4.78, 5) is 17.2. The largest absolute Gasteiger partial charge is 0.339 e. The van der Waals surface area contributed by atoms with Crippen LogP contribution in [0.5, 0.6) is 0 Å². The fourth-order valence-corrected chi connectivity index (χ4v) is 2.39. The van der Waals surface area contributed by atoms with Gasteiger partial charge in [0.15, 0.2) is 11.5 Å². The first-order chi connectivity index (χ1) is 11.8. The van der Waals surface area contributed by atoms with Crippen molar-refractivity contribution in [2.45, 2.75) is 0 Å². The number of nitrogens with zero attached hydrogens (tertiary/aromatic N) is 4. The van der Waals surface area contributed by atoms with Gasteiger partial charge >= 0.3 is 0 Å². The van der Waals surface area contributed by atoms with Crippen molar-refractivity contribution >= 4 is 22.5 Å². The molecule has 0 aliphatic rings. The van der Waals surface area contributed by atoms with Crippen molar-refractivity contribution in [1.82, 2.24) is 19.9 Å². The van der Waals surface area contributed by atoms with Crippen LogP contribution >= 0.6 is 0 Å². The summed E-state index contributed by atoms with van der Waals surface area (Å²) in [7, 11) is 0. The van der Waals surface area contributed by atoms with Crippen molar-refractivity contribution in [2.75, 3.05) is 5.32 Å². The van der Waals surface area contributed by atoms with Crippen molar-refractivity contribution < 1.29 is 4.39 Å². The molecule has 4 rings (SSSR count). The minimum Gasteiger partial charge on any atom is -0.339 e. The average molecular weight is 317 g/mol. The maximum atomic E-state index is 14.1. The molecule has 6 heteroatoms. The van der Waals surface area contributed by atoms with Gasteiger partial charge in [0.2, 0.25) is 0 Å². The van der Waals surface area contributed by atoms with Gasteiger partial charge in [-0.25, -0.2) is 19.3 Å². The lowest BCUT2D eigenvalue weighted by molar-refractivity contribution is 0.630. The lowest BCUT2D eigenvalue weighted by Gasteiger charge is -2.10. The Labute approximate surface area is 137 Å². The summed E-state index contributed by atoms with van der Waals surface area (Å²) >= 11 is 0. The van der Waals surface area contributed by atoms with Gasteiger partial charge in [-0.2, -0.15) is 0 Å². The summed E-state index contributed by atoms with van der Waals surface area (Å²) in [5.41, 5.74) is 1.67. The molecule has 0 spiro atoms. The molecule has 3 aromatic heterocycles. The molecule has 0 atom stereocenters. The molecule has 0 amide bonds. The number of anilines is 2. The monoisotopic (exact) mass is 317 g/mol. The standard InChI is InChI=1S/C18H12FN5/c19-15-6-2-1-4-13(15)17-23-16-14(5-3-9-21-16)18(24-17)22-12-7-10-20-11-8-12/h1-11H,(H,20,21,22,23,24). The van der Waals surface area contributed by atoms with Gasteiger partial charge in [-0.05, 0) is 36.4 Å². The van der Waals surface area contributed by atoms with E-state index in [1.54, 1.807) is 36.8 Å². The smallest absolute Gasteiger partial charge is 0.166 e. The van der Waals surface area contributed by atoms with Crippen LogP contribution in [0.2, 0.25) is 0 Å². The molecule has 0 aliphatic carbocycles. The molecule has 0 radical (unpaired) electrons. The van der Waals surface area contributed by atoms with Crippen molar-refractivity contribution in [2.24, 2.45) is 0 Å². The summed E-state index contributed by atoms with van der Waals surface area (Å²) in [5, 5.41) is 3.98. The highest BCUT2D eigenvalue weighted by molar-refractivity contribution is 5.89. The van der Waals surface area contributed by atoms with Gasteiger partial charge in [-0.3, -0.25) is 4.98 Å². The molecule has 3 heterocycles. The number of pyridine rings is 2. The van der Waals surface area contributed by atoms with Crippen LogP contribution in [0.15, 0.2) is 67.1 Å². The zero-order chi connectivity index (χ0) is 16.4. The number of nitrogens with one attached hydrogen (secondary N) is 1. The Morgan fingerprint density at radius 3 is 2.50 bits per heavy atom. The third kappa shape index (κ3) is 2.65. The van der Waals surface area contributed by atoms with Crippen molar-refractivity contribution in [3.63, 3.8) is 0 Å². The minimum atomic E-state index is -0.373. The lowest BCUT2D eigenvalue weighted by Crippen LogP contribution is -2.01. The molecule has 4 aromatic rings. The highest BCUT2D eigenvalue weighted by atomic mass is 19.1. The predicted molar refractivity (Wildman–Crippen MR) is 90.2 cm³/mol. The summed E-state index contributed by atoms with van der Waals surface area (Å²) in [6.07, 6.45) is 5.01. The molecule has 0 saturated heterocycles. The second-order valence-corrected chi connectivity index (χ2v) is 5.11. The Balaban J connectivity index is 1.90. The number of hydrogen-bond acceptors (Lipinski definition) is 5. The Kier molecular flexibility index (Phi) is 3.55. The number of aromatic nitrogens is 4. The Morgan fingerprint density at radius 2 is 1.67 bits per heavy atom. The first-order valence-electron chi connectivity index (χ1n) is 7.36. The van der Waals surface area contributed by atoms with E-state index in [4.69, 9.17) is 0 Å². The van der Waals surface area contributed by atoms with Crippen molar-refractivity contribution in [1.29, 1.82) is 0 Å². The summed E-state index contributed by atoms with van der Waals surface area (Å²) in [6.45, 7) is 0. The third-order valence-electron chi connectivity index (χ3n) is 3.53. The van der Waals surface area contributed by atoms with Crippen LogP contribution in [0.25, 0.3) is 22.4 Å². The van der Waals surface area contributed by atoms with Crippen LogP contribution in [0.1, 0.15) is 0 Å². The predicted octanol–water partition coefficient (Wildman–Crippen LogP) is 3.97. The van der Waals surface area contributed by atoms with E-state index in [-0.39, 0.29) is 11.6 Å². The van der Waals surface area contributed by atoms with Gasteiger partial charge in [0.05, 0.1) is 10.9 Å². The van der Waals surface area contributed by atoms with Gasteiger partial charge < -0.3 is 5.32 Å². The van der Waals surface area contributed by atoms with Gasteiger partial charge in [0.1, 0.15) is 11.6 Å². The number of halogens is 1. The molecule has 116 valence electrons. The van der Waals surface area contributed by atoms with Gasteiger partial charge in [-0.1, -0.05) is 12.1 Å². The van der Waals surface area contributed by atoms with Crippen LogP contribution in [0.3, 0.4) is 0 Å². The number of rotatable bonds is 3. The molecular formula is C18H12FN5. The molecule has 1 N–H and O–H groups in total. The van der Waals surface area contributed by atoms with Crippen molar-refractivity contribution in [3.8, 4) is 11.4 Å². The zero-order valence-corrected chi connectivity index (χ0v) is 12.5. The van der Waals surface area contributed by atoms with E-state index in [0.29, 0.717) is 17.0 Å². The van der Waals surface area contributed by atoms with Crippen LogP contribution in [-0.4, -0.2) is 19.9 Å². The van der Waals surface area contributed by atoms with Gasteiger partial charge in [0.25, 0.3) is 0 Å². The average Bonchev–Trinajstić information content (AvgIpc) is 2.63. The summed E-state index contributed by atoms with van der Waals surface area (Å²) in [5.74, 6) is 0.482. The molecule has 5 nitrogen and oxygen atoms in total. The van der Waals surface area contributed by atoms with E-state index in [1.165, 1.54) is 6.07 Å². The molecule has 0 unspecified atom stereocenters. The highest BCUT2D eigenvalue weighted by Gasteiger charge is 2.13. The van der Waals surface area contributed by atoms with Crippen molar-refractivity contribution in [3.05, 3.63) is 72.9 Å². The molecule has 0 saturated carbocycles. The SMILES string of the molecule is Fc1ccccc1-c1nc(Nc2ccncc2)c2cccnc2n1. The van der Waals surface area contributed by atoms with E-state index in [1.807, 2.05) is 24.3 Å². The number of benzene rings is 1. The summed E-state index contributed by atoms with van der Waals surface area (Å²) < 4.78 is 14.1. The normalized spacial score (nSPS) is 10.7. The third-order valence-corrected chi connectivity index (χ3v) is 3.53.